The summed E-state index contributed by atoms with van der Waals surface area (Å²) in [4.78, 5) is 10.3. The molecule has 0 aromatic carbocycles. The van der Waals surface area contributed by atoms with Crippen molar-refractivity contribution in [3.8, 4) is 0 Å². The number of nitrogens with zero attached hydrogens (tertiary/aromatic N) is 2. The second kappa shape index (κ2) is 3.46. The molecule has 4 nitrogen and oxygen atoms in total. The Morgan fingerprint density at radius 2 is 2.31 bits per heavy atom. The van der Waals surface area contributed by atoms with E-state index in [1.807, 2.05) is 0 Å². The van der Waals surface area contributed by atoms with Gasteiger partial charge in [-0.25, -0.2) is 22.6 Å². The Bertz CT molecular complexity index is 324. The fourth-order valence-corrected chi connectivity index (χ4v) is 0.823. The van der Waals surface area contributed by atoms with Crippen molar-refractivity contribution in [2.24, 2.45) is 0 Å². The van der Waals surface area contributed by atoms with Crippen molar-refractivity contribution >= 4 is 5.97 Å². The van der Waals surface area contributed by atoms with Gasteiger partial charge in [-0.1, -0.05) is 0 Å². The van der Waals surface area contributed by atoms with Crippen molar-refractivity contribution in [2.75, 3.05) is 0 Å². The Morgan fingerprint density at radius 3 is 2.62 bits per heavy atom. The van der Waals surface area contributed by atoms with Crippen LogP contribution in [0.3, 0.4) is 0 Å². The van der Waals surface area contributed by atoms with Gasteiger partial charge in [0.1, 0.15) is 11.3 Å². The summed E-state index contributed by atoms with van der Waals surface area (Å²) < 4.78 is 36.6. The van der Waals surface area contributed by atoms with Crippen molar-refractivity contribution in [1.29, 1.82) is 0 Å². The van der Waals surface area contributed by atoms with Gasteiger partial charge in [-0.3, -0.25) is 0 Å². The summed E-state index contributed by atoms with van der Waals surface area (Å²) in [5.41, 5.74) is -1.59. The molecule has 1 aromatic heterocycles. The van der Waals surface area contributed by atoms with Crippen LogP contribution in [-0.4, -0.2) is 20.9 Å². The zero-order valence-electron chi connectivity index (χ0n) is 6.25. The maximum Gasteiger partial charge on any atom is 0.339 e. The van der Waals surface area contributed by atoms with E-state index in [2.05, 4.69) is 5.10 Å². The quantitative estimate of drug-likeness (QED) is 0.792. The molecule has 0 atom stereocenters. The van der Waals surface area contributed by atoms with E-state index in [-0.39, 0.29) is 0 Å². The Hall–Kier alpha value is -1.53. The van der Waals surface area contributed by atoms with Gasteiger partial charge < -0.3 is 5.11 Å². The Balaban J connectivity index is 3.15. The van der Waals surface area contributed by atoms with E-state index in [9.17, 15) is 18.0 Å². The number of hydrogen-bond acceptors (Lipinski definition) is 2. The van der Waals surface area contributed by atoms with Gasteiger partial charge in [0, 0.05) is 6.20 Å². The molecule has 1 aromatic rings. The minimum Gasteiger partial charge on any atom is -0.478 e. The van der Waals surface area contributed by atoms with Gasteiger partial charge in [0.2, 0.25) is 0 Å². The molecule has 0 aliphatic heterocycles. The number of rotatable bonds is 3. The zero-order valence-corrected chi connectivity index (χ0v) is 6.25. The average molecular weight is 194 g/mol. The molecule has 7 heteroatoms. The molecule has 0 fully saturated rings. The Labute approximate surface area is 70.6 Å². The van der Waals surface area contributed by atoms with E-state index < -0.39 is 30.5 Å². The molecule has 72 valence electrons. The lowest BCUT2D eigenvalue weighted by Gasteiger charge is -1.93. The minimum atomic E-state index is -3.01. The van der Waals surface area contributed by atoms with Crippen LogP contribution in [0.4, 0.5) is 13.2 Å². The number of carboxylic acids is 1. The summed E-state index contributed by atoms with van der Waals surface area (Å²) >= 11 is 0. The number of halogens is 3. The summed E-state index contributed by atoms with van der Waals surface area (Å²) in [6, 6.07) is 0. The van der Waals surface area contributed by atoms with Crippen LogP contribution in [-0.2, 0) is 6.80 Å². The molecular weight excluding hydrogens is 189 g/mol. The van der Waals surface area contributed by atoms with Gasteiger partial charge in [-0.05, 0) is 0 Å². The van der Waals surface area contributed by atoms with Gasteiger partial charge in [0.15, 0.2) is 6.80 Å². The maximum absolute atomic E-state index is 12.1. The summed E-state index contributed by atoms with van der Waals surface area (Å²) in [5.74, 6) is -1.55. The molecule has 13 heavy (non-hydrogen) atoms. The van der Waals surface area contributed by atoms with Crippen LogP contribution in [0, 0.1) is 0 Å². The van der Waals surface area contributed by atoms with Gasteiger partial charge in [-0.15, -0.1) is 0 Å². The zero-order chi connectivity index (χ0) is 10.0. The normalized spacial score (nSPS) is 10.8. The lowest BCUT2D eigenvalue weighted by atomic mass is 10.2. The van der Waals surface area contributed by atoms with Crippen LogP contribution in [0.5, 0.6) is 0 Å². The molecule has 0 amide bonds. The predicted molar refractivity (Wildman–Crippen MR) is 35.3 cm³/mol. The predicted octanol–water partition coefficient (Wildman–Crippen LogP) is 1.45. The molecular formula is C6H5F3N2O2. The highest BCUT2D eigenvalue weighted by molar-refractivity contribution is 5.88. The van der Waals surface area contributed by atoms with E-state index in [1.54, 1.807) is 0 Å². The first kappa shape index (κ1) is 9.56. The average Bonchev–Trinajstić information content (AvgIpc) is 2.47. The molecule has 0 radical (unpaired) electrons. The molecule has 0 unspecified atom stereocenters. The summed E-state index contributed by atoms with van der Waals surface area (Å²) in [6.07, 6.45) is -2.29. The first-order valence-corrected chi connectivity index (χ1v) is 3.21. The highest BCUT2D eigenvalue weighted by atomic mass is 19.3. The maximum atomic E-state index is 12.1. The molecule has 0 aliphatic carbocycles. The second-order valence-corrected chi connectivity index (χ2v) is 2.19. The summed E-state index contributed by atoms with van der Waals surface area (Å²) in [7, 11) is 0. The molecule has 1 heterocycles. The number of aromatic carboxylic acids is 1. The molecule has 0 aliphatic rings. The summed E-state index contributed by atoms with van der Waals surface area (Å²) in [6.45, 7) is -1.13. The van der Waals surface area contributed by atoms with Crippen LogP contribution in [0.1, 0.15) is 22.5 Å². The topological polar surface area (TPSA) is 55.1 Å². The Morgan fingerprint density at radius 1 is 1.69 bits per heavy atom. The van der Waals surface area contributed by atoms with Crippen molar-refractivity contribution in [2.45, 2.75) is 13.2 Å². The van der Waals surface area contributed by atoms with Crippen LogP contribution in [0.25, 0.3) is 0 Å². The Kier molecular flexibility index (Phi) is 2.54. The molecule has 1 rings (SSSR count). The van der Waals surface area contributed by atoms with Gasteiger partial charge in [-0.2, -0.15) is 5.10 Å². The summed E-state index contributed by atoms with van der Waals surface area (Å²) in [5, 5.41) is 11.5. The monoisotopic (exact) mass is 194 g/mol. The van der Waals surface area contributed by atoms with Crippen LogP contribution in [0.15, 0.2) is 6.20 Å². The molecule has 1 N–H and O–H groups in total. The highest BCUT2D eigenvalue weighted by Crippen LogP contribution is 2.20. The first-order valence-electron chi connectivity index (χ1n) is 3.21. The third-order valence-electron chi connectivity index (χ3n) is 1.35. The first-order chi connectivity index (χ1) is 6.06. The van der Waals surface area contributed by atoms with Crippen molar-refractivity contribution < 1.29 is 23.1 Å². The fraction of sp³-hybridized carbons (Fsp3) is 0.333. The van der Waals surface area contributed by atoms with Gasteiger partial charge >= 0.3 is 5.97 Å². The number of carbonyl (C=O) groups is 1. The molecule has 0 saturated heterocycles. The lowest BCUT2D eigenvalue weighted by Crippen LogP contribution is -1.99. The van der Waals surface area contributed by atoms with Crippen LogP contribution in [0.2, 0.25) is 0 Å². The number of carboxylic acid groups (broad SMARTS) is 1. The lowest BCUT2D eigenvalue weighted by molar-refractivity contribution is 0.0684. The second-order valence-electron chi connectivity index (χ2n) is 2.19. The number of hydrogen-bond donors (Lipinski definition) is 1. The van der Waals surface area contributed by atoms with Crippen LogP contribution >= 0.6 is 0 Å². The molecule has 0 spiro atoms. The van der Waals surface area contributed by atoms with Crippen molar-refractivity contribution in [3.63, 3.8) is 0 Å². The SMILES string of the molecule is O=C(O)c1cn(CF)nc1C(F)F. The third kappa shape index (κ3) is 1.79. The van der Waals surface area contributed by atoms with E-state index in [0.29, 0.717) is 4.68 Å². The van der Waals surface area contributed by atoms with Crippen molar-refractivity contribution in [1.82, 2.24) is 9.78 Å². The van der Waals surface area contributed by atoms with Crippen molar-refractivity contribution in [3.05, 3.63) is 17.5 Å². The van der Waals surface area contributed by atoms with Gasteiger partial charge in [0.25, 0.3) is 6.43 Å². The molecule has 0 bridgehead atoms. The van der Waals surface area contributed by atoms with Gasteiger partial charge in [0.05, 0.1) is 0 Å². The third-order valence-corrected chi connectivity index (χ3v) is 1.35. The van der Waals surface area contributed by atoms with E-state index >= 15 is 0 Å². The standard InChI is InChI=1S/C6H5F3N2O2/c7-2-11-1-3(6(12)13)4(10-11)5(8)9/h1,5H,2H2,(H,12,13). The smallest absolute Gasteiger partial charge is 0.339 e. The highest BCUT2D eigenvalue weighted by Gasteiger charge is 2.22. The van der Waals surface area contributed by atoms with E-state index in [4.69, 9.17) is 5.11 Å². The largest absolute Gasteiger partial charge is 0.478 e. The minimum absolute atomic E-state index is 0.505. The fourth-order valence-electron chi connectivity index (χ4n) is 0.823. The van der Waals surface area contributed by atoms with E-state index in [0.717, 1.165) is 6.20 Å². The molecule has 0 saturated carbocycles. The van der Waals surface area contributed by atoms with Crippen LogP contribution < -0.4 is 0 Å². The number of alkyl halides is 3. The number of aromatic nitrogens is 2. The van der Waals surface area contributed by atoms with E-state index in [1.165, 1.54) is 0 Å².